The van der Waals surface area contributed by atoms with Crippen molar-refractivity contribution in [1.29, 1.82) is 0 Å². The fraction of sp³-hybridized carbons (Fsp3) is 0.500. The molecule has 0 spiro atoms. The zero-order valence-corrected chi connectivity index (χ0v) is 10.8. The fourth-order valence-corrected chi connectivity index (χ4v) is 2.20. The molecule has 0 bridgehead atoms. The van der Waals surface area contributed by atoms with Gasteiger partial charge in [-0.25, -0.2) is 9.78 Å². The zero-order chi connectivity index (χ0) is 13.2. The summed E-state index contributed by atoms with van der Waals surface area (Å²) in [5.74, 6) is -0.560. The van der Waals surface area contributed by atoms with Gasteiger partial charge in [0.15, 0.2) is 0 Å². The third kappa shape index (κ3) is 2.73. The van der Waals surface area contributed by atoms with E-state index in [0.717, 1.165) is 19.3 Å². The molecule has 0 saturated heterocycles. The van der Waals surface area contributed by atoms with E-state index in [1.807, 2.05) is 0 Å². The number of carbonyl (C=O) groups is 1. The van der Waals surface area contributed by atoms with Crippen molar-refractivity contribution in [3.05, 3.63) is 22.8 Å². The highest BCUT2D eigenvalue weighted by atomic mass is 35.5. The summed E-state index contributed by atoms with van der Waals surface area (Å²) in [4.78, 5) is 14.9. The van der Waals surface area contributed by atoms with Crippen molar-refractivity contribution >= 4 is 23.4 Å². The molecule has 1 saturated carbocycles. The Morgan fingerprint density at radius 3 is 2.83 bits per heavy atom. The Morgan fingerprint density at radius 2 is 2.33 bits per heavy atom. The van der Waals surface area contributed by atoms with E-state index in [1.54, 1.807) is 7.11 Å². The van der Waals surface area contributed by atoms with Gasteiger partial charge in [-0.1, -0.05) is 11.6 Å². The average Bonchev–Trinajstić information content (AvgIpc) is 2.27. The second-order valence-electron chi connectivity index (χ2n) is 4.46. The van der Waals surface area contributed by atoms with Gasteiger partial charge in [0, 0.05) is 13.7 Å². The van der Waals surface area contributed by atoms with Gasteiger partial charge in [0.25, 0.3) is 0 Å². The van der Waals surface area contributed by atoms with Crippen molar-refractivity contribution in [1.82, 2.24) is 4.98 Å². The number of nitrogens with one attached hydrogen (secondary N) is 1. The molecule has 0 aromatic carbocycles. The van der Waals surface area contributed by atoms with Crippen molar-refractivity contribution in [3.63, 3.8) is 0 Å². The molecule has 1 heterocycles. The number of halogens is 1. The van der Waals surface area contributed by atoms with Crippen LogP contribution in [-0.2, 0) is 4.74 Å². The van der Waals surface area contributed by atoms with Crippen LogP contribution >= 0.6 is 11.6 Å². The van der Waals surface area contributed by atoms with Crippen molar-refractivity contribution in [3.8, 4) is 0 Å². The van der Waals surface area contributed by atoms with Gasteiger partial charge in [-0.2, -0.15) is 0 Å². The number of pyridine rings is 1. The Labute approximate surface area is 110 Å². The van der Waals surface area contributed by atoms with E-state index in [1.165, 1.54) is 12.1 Å². The summed E-state index contributed by atoms with van der Waals surface area (Å²) < 4.78 is 5.46. The molecular formula is C12H15ClN2O3. The standard InChI is InChI=1S/C12H15ClN2O3/c1-18-12(3-2-4-12)7-14-10-6-8(11(16)17)5-9(13)15-10/h5-6H,2-4,7H2,1H3,(H,14,15)(H,16,17). The molecule has 5 nitrogen and oxygen atoms in total. The SMILES string of the molecule is COC1(CNc2cc(C(=O)O)cc(Cl)n2)CCC1. The fourth-order valence-electron chi connectivity index (χ4n) is 1.99. The van der Waals surface area contributed by atoms with E-state index < -0.39 is 5.97 Å². The summed E-state index contributed by atoms with van der Waals surface area (Å²) in [5, 5.41) is 12.2. The predicted molar refractivity (Wildman–Crippen MR) is 68.3 cm³/mol. The maximum absolute atomic E-state index is 10.9. The Hall–Kier alpha value is -1.33. The lowest BCUT2D eigenvalue weighted by Crippen LogP contribution is -2.45. The number of hydrogen-bond acceptors (Lipinski definition) is 4. The van der Waals surface area contributed by atoms with Crippen LogP contribution in [0.2, 0.25) is 5.15 Å². The first kappa shape index (κ1) is 13.1. The lowest BCUT2D eigenvalue weighted by atomic mass is 9.80. The number of carboxylic acid groups (broad SMARTS) is 1. The van der Waals surface area contributed by atoms with E-state index in [0.29, 0.717) is 12.4 Å². The van der Waals surface area contributed by atoms with Gasteiger partial charge in [-0.15, -0.1) is 0 Å². The molecule has 2 rings (SSSR count). The maximum Gasteiger partial charge on any atom is 0.335 e. The molecule has 1 aromatic heterocycles. The van der Waals surface area contributed by atoms with E-state index in [2.05, 4.69) is 10.3 Å². The van der Waals surface area contributed by atoms with Gasteiger partial charge in [-0.3, -0.25) is 0 Å². The molecule has 0 aliphatic heterocycles. The highest BCUT2D eigenvalue weighted by Crippen LogP contribution is 2.35. The molecule has 6 heteroatoms. The number of ether oxygens (including phenoxy) is 1. The quantitative estimate of drug-likeness (QED) is 0.804. The third-order valence-corrected chi connectivity index (χ3v) is 3.52. The summed E-state index contributed by atoms with van der Waals surface area (Å²) in [6.45, 7) is 0.607. The molecule has 0 atom stereocenters. The van der Waals surface area contributed by atoms with Crippen molar-refractivity contribution in [2.24, 2.45) is 0 Å². The molecule has 2 N–H and O–H groups in total. The van der Waals surface area contributed by atoms with Gasteiger partial charge in [0.1, 0.15) is 11.0 Å². The minimum absolute atomic E-state index is 0.123. The highest BCUT2D eigenvalue weighted by Gasteiger charge is 2.36. The summed E-state index contributed by atoms with van der Waals surface area (Å²) in [6, 6.07) is 2.79. The second kappa shape index (κ2) is 5.12. The number of rotatable bonds is 5. The van der Waals surface area contributed by atoms with Crippen LogP contribution in [0.5, 0.6) is 0 Å². The van der Waals surface area contributed by atoms with Gasteiger partial charge >= 0.3 is 5.97 Å². The monoisotopic (exact) mass is 270 g/mol. The van der Waals surface area contributed by atoms with Crippen LogP contribution in [0.4, 0.5) is 5.82 Å². The van der Waals surface area contributed by atoms with Crippen molar-refractivity contribution in [2.45, 2.75) is 24.9 Å². The summed E-state index contributed by atoms with van der Waals surface area (Å²) in [5.41, 5.74) is -0.0227. The number of nitrogens with zero attached hydrogens (tertiary/aromatic N) is 1. The van der Waals surface area contributed by atoms with Crippen molar-refractivity contribution in [2.75, 3.05) is 19.0 Å². The minimum Gasteiger partial charge on any atom is -0.478 e. The van der Waals surface area contributed by atoms with Crippen molar-refractivity contribution < 1.29 is 14.6 Å². The Morgan fingerprint density at radius 1 is 1.61 bits per heavy atom. The molecule has 0 radical (unpaired) electrons. The van der Waals surface area contributed by atoms with E-state index in [9.17, 15) is 4.79 Å². The largest absolute Gasteiger partial charge is 0.478 e. The van der Waals surface area contributed by atoms with Gasteiger partial charge in [0.2, 0.25) is 0 Å². The van der Waals surface area contributed by atoms with Crippen LogP contribution in [0, 0.1) is 0 Å². The normalized spacial score (nSPS) is 17.0. The Bertz CT molecular complexity index is 455. The molecule has 1 aromatic rings. The summed E-state index contributed by atoms with van der Waals surface area (Å²) in [6.07, 6.45) is 3.16. The van der Waals surface area contributed by atoms with E-state index in [-0.39, 0.29) is 16.3 Å². The smallest absolute Gasteiger partial charge is 0.335 e. The van der Waals surface area contributed by atoms with Crippen LogP contribution in [0.15, 0.2) is 12.1 Å². The lowest BCUT2D eigenvalue weighted by molar-refractivity contribution is -0.0601. The first-order chi connectivity index (χ1) is 8.54. The molecule has 1 aliphatic rings. The topological polar surface area (TPSA) is 71.5 Å². The van der Waals surface area contributed by atoms with Crippen LogP contribution < -0.4 is 5.32 Å². The van der Waals surface area contributed by atoms with Crippen LogP contribution in [-0.4, -0.2) is 35.3 Å². The molecule has 0 unspecified atom stereocenters. The maximum atomic E-state index is 10.9. The Kier molecular flexibility index (Phi) is 3.73. The number of anilines is 1. The number of aromatic carboxylic acids is 1. The number of hydrogen-bond donors (Lipinski definition) is 2. The minimum atomic E-state index is -1.02. The molecular weight excluding hydrogens is 256 g/mol. The zero-order valence-electron chi connectivity index (χ0n) is 10.1. The number of carboxylic acids is 1. The van der Waals surface area contributed by atoms with Crippen LogP contribution in [0.25, 0.3) is 0 Å². The average molecular weight is 271 g/mol. The van der Waals surface area contributed by atoms with E-state index >= 15 is 0 Å². The predicted octanol–water partition coefficient (Wildman–Crippen LogP) is 2.41. The molecule has 1 fully saturated rings. The Balaban J connectivity index is 2.07. The van der Waals surface area contributed by atoms with Gasteiger partial charge in [0.05, 0.1) is 11.2 Å². The van der Waals surface area contributed by atoms with E-state index in [4.69, 9.17) is 21.4 Å². The molecule has 98 valence electrons. The first-order valence-electron chi connectivity index (χ1n) is 5.75. The third-order valence-electron chi connectivity index (χ3n) is 3.33. The molecule has 18 heavy (non-hydrogen) atoms. The first-order valence-corrected chi connectivity index (χ1v) is 6.12. The number of aromatic nitrogens is 1. The van der Waals surface area contributed by atoms with Gasteiger partial charge < -0.3 is 15.2 Å². The summed E-state index contributed by atoms with van der Waals surface area (Å²) >= 11 is 5.78. The van der Waals surface area contributed by atoms with Crippen LogP contribution in [0.1, 0.15) is 29.6 Å². The van der Waals surface area contributed by atoms with Gasteiger partial charge in [-0.05, 0) is 31.4 Å². The molecule has 1 aliphatic carbocycles. The number of methoxy groups -OCH3 is 1. The van der Waals surface area contributed by atoms with Crippen LogP contribution in [0.3, 0.4) is 0 Å². The second-order valence-corrected chi connectivity index (χ2v) is 4.85. The highest BCUT2D eigenvalue weighted by molar-refractivity contribution is 6.29. The lowest BCUT2D eigenvalue weighted by Gasteiger charge is -2.40. The summed E-state index contributed by atoms with van der Waals surface area (Å²) in [7, 11) is 1.69. The molecule has 0 amide bonds.